The Morgan fingerprint density at radius 1 is 1.26 bits per heavy atom. The van der Waals surface area contributed by atoms with E-state index in [9.17, 15) is 14.4 Å². The number of rotatable bonds is 1. The van der Waals surface area contributed by atoms with Gasteiger partial charge in [-0.1, -0.05) is 0 Å². The quantitative estimate of drug-likeness (QED) is 0.499. The van der Waals surface area contributed by atoms with Crippen molar-refractivity contribution in [1.29, 1.82) is 0 Å². The van der Waals surface area contributed by atoms with Crippen molar-refractivity contribution in [3.05, 3.63) is 0 Å². The van der Waals surface area contributed by atoms with Crippen LogP contribution in [0.1, 0.15) is 27.7 Å². The Labute approximate surface area is 113 Å². The Kier molecular flexibility index (Phi) is 7.06. The van der Waals surface area contributed by atoms with Crippen LogP contribution < -0.4 is 10.6 Å². The van der Waals surface area contributed by atoms with E-state index in [-0.39, 0.29) is 17.5 Å². The van der Waals surface area contributed by atoms with Gasteiger partial charge in [-0.05, 0) is 20.8 Å². The van der Waals surface area contributed by atoms with Crippen LogP contribution >= 0.6 is 0 Å². The number of piperazine rings is 1. The summed E-state index contributed by atoms with van der Waals surface area (Å²) in [7, 11) is 1.26. The van der Waals surface area contributed by atoms with Crippen LogP contribution in [0.5, 0.6) is 0 Å². The molecule has 0 aromatic carbocycles. The molecule has 1 fully saturated rings. The molecule has 0 bridgehead atoms. The third-order valence-corrected chi connectivity index (χ3v) is 1.92. The summed E-state index contributed by atoms with van der Waals surface area (Å²) in [5.74, 6) is -1.08. The zero-order chi connectivity index (χ0) is 15.1. The summed E-state index contributed by atoms with van der Waals surface area (Å²) in [4.78, 5) is 32.0. The fourth-order valence-electron chi connectivity index (χ4n) is 1.34. The van der Waals surface area contributed by atoms with Gasteiger partial charge in [0.2, 0.25) is 5.91 Å². The van der Waals surface area contributed by atoms with Crippen LogP contribution in [0.4, 0.5) is 0 Å². The fraction of sp³-hybridized carbons (Fsp3) is 0.750. The minimum atomic E-state index is -0.825. The Bertz CT molecular complexity index is 328. The Morgan fingerprint density at radius 3 is 2.16 bits per heavy atom. The van der Waals surface area contributed by atoms with Crippen molar-refractivity contribution in [2.75, 3.05) is 20.2 Å². The number of esters is 2. The van der Waals surface area contributed by atoms with Crippen molar-refractivity contribution in [2.24, 2.45) is 0 Å². The number of carbonyl (C=O) groups excluding carboxylic acids is 3. The van der Waals surface area contributed by atoms with E-state index in [0.29, 0.717) is 13.1 Å². The van der Waals surface area contributed by atoms with Gasteiger partial charge < -0.3 is 14.8 Å². The van der Waals surface area contributed by atoms with Crippen LogP contribution in [0.3, 0.4) is 0 Å². The van der Waals surface area contributed by atoms with E-state index in [0.717, 1.165) is 0 Å². The van der Waals surface area contributed by atoms with Gasteiger partial charge in [0.15, 0.2) is 6.04 Å². The zero-order valence-electron chi connectivity index (χ0n) is 12.0. The summed E-state index contributed by atoms with van der Waals surface area (Å²) < 4.78 is 9.20. The molecular weight excluding hydrogens is 252 g/mol. The van der Waals surface area contributed by atoms with Gasteiger partial charge in [0, 0.05) is 20.0 Å². The molecule has 1 rings (SSSR count). The first-order valence-electron chi connectivity index (χ1n) is 5.96. The second-order valence-electron chi connectivity index (χ2n) is 4.91. The van der Waals surface area contributed by atoms with Crippen molar-refractivity contribution in [3.8, 4) is 0 Å². The third kappa shape index (κ3) is 8.15. The predicted molar refractivity (Wildman–Crippen MR) is 68.3 cm³/mol. The summed E-state index contributed by atoms with van der Waals surface area (Å²) in [6.45, 7) is 8.10. The monoisotopic (exact) mass is 274 g/mol. The highest BCUT2D eigenvalue weighted by Crippen LogP contribution is 2.05. The SMILES string of the molecule is CC(=O)OC(C)(C)C.COC(=O)C1NCCNC1=O. The van der Waals surface area contributed by atoms with Gasteiger partial charge in [0.05, 0.1) is 7.11 Å². The molecule has 0 saturated carbocycles. The topological polar surface area (TPSA) is 93.7 Å². The van der Waals surface area contributed by atoms with Crippen molar-refractivity contribution in [2.45, 2.75) is 39.3 Å². The Hall–Kier alpha value is -1.63. The van der Waals surface area contributed by atoms with Gasteiger partial charge in [0.25, 0.3) is 0 Å². The van der Waals surface area contributed by atoms with Crippen molar-refractivity contribution < 1.29 is 23.9 Å². The lowest BCUT2D eigenvalue weighted by Gasteiger charge is -2.20. The molecule has 1 atom stereocenters. The molecule has 110 valence electrons. The molecule has 2 N–H and O–H groups in total. The van der Waals surface area contributed by atoms with Crippen LogP contribution in [-0.2, 0) is 23.9 Å². The molecule has 1 aliphatic heterocycles. The number of hydrogen-bond donors (Lipinski definition) is 2. The molecule has 0 aromatic heterocycles. The molecule has 1 aliphatic rings. The van der Waals surface area contributed by atoms with Gasteiger partial charge >= 0.3 is 11.9 Å². The lowest BCUT2D eigenvalue weighted by atomic mass is 10.2. The Morgan fingerprint density at radius 2 is 1.84 bits per heavy atom. The van der Waals surface area contributed by atoms with Crippen molar-refractivity contribution >= 4 is 17.8 Å². The van der Waals surface area contributed by atoms with Gasteiger partial charge in [0.1, 0.15) is 5.60 Å². The van der Waals surface area contributed by atoms with E-state index in [4.69, 9.17) is 4.74 Å². The first-order chi connectivity index (χ1) is 8.67. The summed E-state index contributed by atoms with van der Waals surface area (Å²) in [5.41, 5.74) is -0.328. The average molecular weight is 274 g/mol. The first-order valence-corrected chi connectivity index (χ1v) is 5.96. The van der Waals surface area contributed by atoms with E-state index < -0.39 is 12.0 Å². The van der Waals surface area contributed by atoms with Crippen LogP contribution in [0.2, 0.25) is 0 Å². The lowest BCUT2D eigenvalue weighted by molar-refractivity contribution is -0.152. The highest BCUT2D eigenvalue weighted by atomic mass is 16.6. The van der Waals surface area contributed by atoms with Gasteiger partial charge in [-0.3, -0.25) is 14.9 Å². The number of nitrogens with one attached hydrogen (secondary N) is 2. The van der Waals surface area contributed by atoms with Crippen LogP contribution in [0.25, 0.3) is 0 Å². The molecule has 1 saturated heterocycles. The third-order valence-electron chi connectivity index (χ3n) is 1.92. The molecule has 1 amide bonds. The largest absolute Gasteiger partial charge is 0.467 e. The lowest BCUT2D eigenvalue weighted by Crippen LogP contribution is -2.56. The summed E-state index contributed by atoms with van der Waals surface area (Å²) in [5, 5.41) is 5.28. The second-order valence-corrected chi connectivity index (χ2v) is 4.91. The summed E-state index contributed by atoms with van der Waals surface area (Å²) in [6.07, 6.45) is 0. The van der Waals surface area contributed by atoms with Crippen LogP contribution in [0, 0.1) is 0 Å². The highest BCUT2D eigenvalue weighted by molar-refractivity contribution is 6.02. The van der Waals surface area contributed by atoms with Gasteiger partial charge in [-0.15, -0.1) is 0 Å². The van der Waals surface area contributed by atoms with Crippen molar-refractivity contribution in [1.82, 2.24) is 10.6 Å². The van der Waals surface area contributed by atoms with E-state index >= 15 is 0 Å². The smallest absolute Gasteiger partial charge is 0.332 e. The predicted octanol–water partition coefficient (Wildman–Crippen LogP) is -0.405. The molecule has 1 heterocycles. The number of hydrogen-bond acceptors (Lipinski definition) is 6. The summed E-state index contributed by atoms with van der Waals surface area (Å²) >= 11 is 0. The first kappa shape index (κ1) is 17.4. The molecule has 7 heteroatoms. The van der Waals surface area contributed by atoms with E-state index in [2.05, 4.69) is 15.4 Å². The minimum absolute atomic E-state index is 0.225. The maximum absolute atomic E-state index is 10.9. The van der Waals surface area contributed by atoms with Crippen LogP contribution in [-0.4, -0.2) is 49.7 Å². The molecule has 0 aromatic rings. The summed E-state index contributed by atoms with van der Waals surface area (Å²) in [6, 6.07) is -0.825. The van der Waals surface area contributed by atoms with Crippen molar-refractivity contribution in [3.63, 3.8) is 0 Å². The molecule has 1 unspecified atom stereocenters. The molecule has 0 aliphatic carbocycles. The fourth-order valence-corrected chi connectivity index (χ4v) is 1.34. The number of methoxy groups -OCH3 is 1. The number of ether oxygens (including phenoxy) is 2. The standard InChI is InChI=1S/C6H10N2O3.C6H12O2/c1-11-6(10)4-5(9)8-3-2-7-4;1-5(7)8-6(2,3)4/h4,7H,2-3H2,1H3,(H,8,9);1-4H3. The van der Waals surface area contributed by atoms with E-state index in [1.165, 1.54) is 14.0 Å². The normalized spacial score (nSPS) is 18.6. The Balaban J connectivity index is 0.000000362. The maximum Gasteiger partial charge on any atom is 0.332 e. The van der Waals surface area contributed by atoms with Gasteiger partial charge in [-0.2, -0.15) is 0 Å². The maximum atomic E-state index is 10.9. The molecule has 7 nitrogen and oxygen atoms in total. The molecule has 19 heavy (non-hydrogen) atoms. The van der Waals surface area contributed by atoms with Crippen LogP contribution in [0.15, 0.2) is 0 Å². The molecular formula is C12H22N2O5. The minimum Gasteiger partial charge on any atom is -0.467 e. The number of amides is 1. The molecule has 0 spiro atoms. The second kappa shape index (κ2) is 7.73. The van der Waals surface area contributed by atoms with Gasteiger partial charge in [-0.25, -0.2) is 4.79 Å². The molecule has 0 radical (unpaired) electrons. The highest BCUT2D eigenvalue weighted by Gasteiger charge is 2.29. The van der Waals surface area contributed by atoms with E-state index in [1.807, 2.05) is 20.8 Å². The number of carbonyl (C=O) groups is 3. The van der Waals surface area contributed by atoms with E-state index in [1.54, 1.807) is 0 Å². The zero-order valence-corrected chi connectivity index (χ0v) is 12.0. The average Bonchev–Trinajstić information content (AvgIpc) is 2.26.